The van der Waals surface area contributed by atoms with Crippen molar-refractivity contribution in [3.63, 3.8) is 0 Å². The molecule has 0 aromatic heterocycles. The van der Waals surface area contributed by atoms with E-state index in [9.17, 15) is 4.79 Å². The van der Waals surface area contributed by atoms with Crippen LogP contribution in [0.25, 0.3) is 0 Å². The largest absolute Gasteiger partial charge is 0.489 e. The van der Waals surface area contributed by atoms with Gasteiger partial charge in [0.05, 0.1) is 12.6 Å². The highest BCUT2D eigenvalue weighted by atomic mass is 16.6. The van der Waals surface area contributed by atoms with Gasteiger partial charge in [0.1, 0.15) is 25.7 Å². The lowest BCUT2D eigenvalue weighted by Crippen LogP contribution is -2.30. The van der Waals surface area contributed by atoms with E-state index < -0.39 is 0 Å². The molecule has 0 radical (unpaired) electrons. The summed E-state index contributed by atoms with van der Waals surface area (Å²) in [5.41, 5.74) is 3.18. The van der Waals surface area contributed by atoms with Crippen molar-refractivity contribution < 1.29 is 19.0 Å². The maximum atomic E-state index is 12.1. The summed E-state index contributed by atoms with van der Waals surface area (Å²) < 4.78 is 16.8. The molecule has 1 fully saturated rings. The third-order valence-electron chi connectivity index (χ3n) is 4.83. The summed E-state index contributed by atoms with van der Waals surface area (Å²) in [5, 5.41) is 0. The van der Waals surface area contributed by atoms with Crippen LogP contribution in [0.15, 0.2) is 84.9 Å². The molecule has 4 rings (SSSR count). The normalized spacial score (nSPS) is 15.9. The lowest BCUT2D eigenvalue weighted by atomic mass is 10.1. The molecule has 5 heteroatoms. The van der Waals surface area contributed by atoms with E-state index in [2.05, 4.69) is 0 Å². The summed E-state index contributed by atoms with van der Waals surface area (Å²) in [6, 6.07) is 27.5. The van der Waals surface area contributed by atoms with E-state index in [4.69, 9.17) is 14.2 Å². The molecule has 0 spiro atoms. The summed E-state index contributed by atoms with van der Waals surface area (Å²) in [6.45, 7) is 1.47. The third kappa shape index (κ3) is 4.95. The first-order valence-electron chi connectivity index (χ1n) is 9.61. The average Bonchev–Trinajstić information content (AvgIpc) is 3.14. The molecule has 1 unspecified atom stereocenters. The van der Waals surface area contributed by atoms with Crippen LogP contribution in [0.1, 0.15) is 22.7 Å². The highest BCUT2D eigenvalue weighted by Gasteiger charge is 2.34. The van der Waals surface area contributed by atoms with Gasteiger partial charge < -0.3 is 14.2 Å². The molecular weight excluding hydrogens is 366 g/mol. The first-order chi connectivity index (χ1) is 14.3. The lowest BCUT2D eigenvalue weighted by molar-refractivity contribution is 0.0289. The van der Waals surface area contributed by atoms with Crippen molar-refractivity contribution >= 4 is 6.09 Å². The summed E-state index contributed by atoms with van der Waals surface area (Å²) in [5.74, 6) is 0.787. The lowest BCUT2D eigenvalue weighted by Gasteiger charge is -2.21. The number of carbonyl (C=O) groups is 1. The molecular formula is C24H23NO4. The van der Waals surface area contributed by atoms with Crippen molar-refractivity contribution in [2.75, 3.05) is 13.3 Å². The third-order valence-corrected chi connectivity index (χ3v) is 4.83. The Hall–Kier alpha value is -3.31. The Kier molecular flexibility index (Phi) is 6.07. The minimum absolute atomic E-state index is 0.165. The Labute approximate surface area is 170 Å². The fourth-order valence-corrected chi connectivity index (χ4v) is 3.23. The molecule has 1 aliphatic heterocycles. The van der Waals surface area contributed by atoms with Gasteiger partial charge in [-0.05, 0) is 28.8 Å². The Bertz CT molecular complexity index is 913. The molecule has 1 atom stereocenters. The van der Waals surface area contributed by atoms with Crippen LogP contribution in [0.2, 0.25) is 0 Å². The fourth-order valence-electron chi connectivity index (χ4n) is 3.23. The van der Waals surface area contributed by atoms with Gasteiger partial charge in [-0.15, -0.1) is 0 Å². The number of ether oxygens (including phenoxy) is 3. The van der Waals surface area contributed by atoms with Crippen LogP contribution in [-0.2, 0) is 22.7 Å². The van der Waals surface area contributed by atoms with E-state index >= 15 is 0 Å². The number of nitrogens with zero attached hydrogens (tertiary/aromatic N) is 1. The number of hydrogen-bond acceptors (Lipinski definition) is 4. The predicted octanol–water partition coefficient (Wildman–Crippen LogP) is 4.93. The molecule has 5 nitrogen and oxygen atoms in total. The second kappa shape index (κ2) is 9.26. The van der Waals surface area contributed by atoms with Crippen LogP contribution < -0.4 is 4.74 Å². The molecule has 0 bridgehead atoms. The van der Waals surface area contributed by atoms with Gasteiger partial charge >= 0.3 is 6.09 Å². The van der Waals surface area contributed by atoms with Crippen LogP contribution in [0.4, 0.5) is 4.79 Å². The summed E-state index contributed by atoms with van der Waals surface area (Å²) in [4.78, 5) is 13.7. The SMILES string of the molecule is O=C1OCC(c2ccc(OCc3ccccc3)cc2)N1COCc1ccccc1. The first-order valence-corrected chi connectivity index (χ1v) is 9.61. The van der Waals surface area contributed by atoms with Crippen molar-refractivity contribution in [3.05, 3.63) is 102 Å². The molecule has 29 heavy (non-hydrogen) atoms. The maximum Gasteiger partial charge on any atom is 0.412 e. The Balaban J connectivity index is 1.34. The van der Waals surface area contributed by atoms with Gasteiger partial charge in [-0.2, -0.15) is 0 Å². The Morgan fingerprint density at radius 2 is 1.45 bits per heavy atom. The number of hydrogen-bond donors (Lipinski definition) is 0. The molecule has 0 N–H and O–H groups in total. The minimum atomic E-state index is -0.354. The summed E-state index contributed by atoms with van der Waals surface area (Å²) in [7, 11) is 0. The first kappa shape index (κ1) is 19.0. The van der Waals surface area contributed by atoms with Crippen LogP contribution in [0, 0.1) is 0 Å². The highest BCUT2D eigenvalue weighted by Crippen LogP contribution is 2.29. The van der Waals surface area contributed by atoms with E-state index in [-0.39, 0.29) is 18.9 Å². The molecule has 148 valence electrons. The fraction of sp³-hybridized carbons (Fsp3) is 0.208. The van der Waals surface area contributed by atoms with Crippen LogP contribution in [0.3, 0.4) is 0 Å². The molecule has 1 heterocycles. The van der Waals surface area contributed by atoms with Crippen LogP contribution in [0.5, 0.6) is 5.75 Å². The van der Waals surface area contributed by atoms with Gasteiger partial charge in [-0.1, -0.05) is 72.8 Å². The number of carbonyl (C=O) groups excluding carboxylic acids is 1. The monoisotopic (exact) mass is 389 g/mol. The number of cyclic esters (lactones) is 1. The number of benzene rings is 3. The van der Waals surface area contributed by atoms with Gasteiger partial charge in [0.25, 0.3) is 0 Å². The zero-order valence-electron chi connectivity index (χ0n) is 16.1. The zero-order valence-corrected chi connectivity index (χ0v) is 16.1. The van der Waals surface area contributed by atoms with E-state index in [1.807, 2.05) is 84.9 Å². The van der Waals surface area contributed by atoms with E-state index in [0.29, 0.717) is 19.8 Å². The molecule has 3 aromatic rings. The topological polar surface area (TPSA) is 48.0 Å². The van der Waals surface area contributed by atoms with Gasteiger partial charge in [-0.3, -0.25) is 4.90 Å². The van der Waals surface area contributed by atoms with E-state index in [1.165, 1.54) is 0 Å². The predicted molar refractivity (Wildman–Crippen MR) is 109 cm³/mol. The van der Waals surface area contributed by atoms with Crippen molar-refractivity contribution in [1.29, 1.82) is 0 Å². The number of rotatable bonds is 8. The quantitative estimate of drug-likeness (QED) is 0.548. The molecule has 1 saturated heterocycles. The van der Waals surface area contributed by atoms with Crippen LogP contribution >= 0.6 is 0 Å². The van der Waals surface area contributed by atoms with Gasteiger partial charge in [0, 0.05) is 0 Å². The maximum absolute atomic E-state index is 12.1. The molecule has 0 aliphatic carbocycles. The van der Waals surface area contributed by atoms with Crippen molar-refractivity contribution in [2.45, 2.75) is 19.3 Å². The van der Waals surface area contributed by atoms with Crippen molar-refractivity contribution in [2.24, 2.45) is 0 Å². The minimum Gasteiger partial charge on any atom is -0.489 e. The van der Waals surface area contributed by atoms with E-state index in [0.717, 1.165) is 22.4 Å². The standard InChI is InChI=1S/C24H23NO4/c26-24-25(18-27-15-19-7-3-1-4-8-19)23(17-29-24)21-11-13-22(14-12-21)28-16-20-9-5-2-6-10-20/h1-14,23H,15-18H2. The van der Waals surface area contributed by atoms with Gasteiger partial charge in [0.15, 0.2) is 0 Å². The smallest absolute Gasteiger partial charge is 0.412 e. The van der Waals surface area contributed by atoms with Crippen LogP contribution in [-0.4, -0.2) is 24.3 Å². The van der Waals surface area contributed by atoms with E-state index in [1.54, 1.807) is 4.90 Å². The van der Waals surface area contributed by atoms with Gasteiger partial charge in [-0.25, -0.2) is 4.79 Å². The van der Waals surface area contributed by atoms with Gasteiger partial charge in [0.2, 0.25) is 0 Å². The summed E-state index contributed by atoms with van der Waals surface area (Å²) >= 11 is 0. The molecule has 1 aliphatic rings. The van der Waals surface area contributed by atoms with Crippen molar-refractivity contribution in [3.8, 4) is 5.75 Å². The average molecular weight is 389 g/mol. The Morgan fingerprint density at radius 3 is 2.10 bits per heavy atom. The van der Waals surface area contributed by atoms with Crippen molar-refractivity contribution in [1.82, 2.24) is 4.90 Å². The second-order valence-electron chi connectivity index (χ2n) is 6.87. The molecule has 1 amide bonds. The Morgan fingerprint density at radius 1 is 0.828 bits per heavy atom. The second-order valence-corrected chi connectivity index (χ2v) is 6.87. The number of amides is 1. The summed E-state index contributed by atoms with van der Waals surface area (Å²) in [6.07, 6.45) is -0.354. The highest BCUT2D eigenvalue weighted by molar-refractivity contribution is 5.70. The zero-order chi connectivity index (χ0) is 19.9. The molecule has 0 saturated carbocycles. The molecule has 3 aromatic carbocycles.